The zero-order valence-corrected chi connectivity index (χ0v) is 26.6. The first-order valence-electron chi connectivity index (χ1n) is 15.4. The number of methoxy groups -OCH3 is 2. The predicted octanol–water partition coefficient (Wildman–Crippen LogP) is 2.83. The number of carbonyl (C=O) groups excluding carboxylic acids is 2. The second kappa shape index (κ2) is 16.2. The summed E-state index contributed by atoms with van der Waals surface area (Å²) in [5.74, 6) is 1.95. The van der Waals surface area contributed by atoms with E-state index in [1.165, 1.54) is 14.2 Å². The van der Waals surface area contributed by atoms with E-state index in [-0.39, 0.29) is 29.5 Å². The third-order valence-corrected chi connectivity index (χ3v) is 8.02. The summed E-state index contributed by atoms with van der Waals surface area (Å²) in [5.41, 5.74) is 4.45. The van der Waals surface area contributed by atoms with Gasteiger partial charge in [0.05, 0.1) is 46.9 Å². The van der Waals surface area contributed by atoms with Crippen molar-refractivity contribution in [3.8, 4) is 23.0 Å². The van der Waals surface area contributed by atoms with Crippen LogP contribution in [0, 0.1) is 0 Å². The minimum atomic E-state index is -1.34. The second-order valence-electron chi connectivity index (χ2n) is 11.3. The van der Waals surface area contributed by atoms with Crippen LogP contribution in [0.15, 0.2) is 91.0 Å². The Kier molecular flexibility index (Phi) is 11.6. The first kappa shape index (κ1) is 34.4. The van der Waals surface area contributed by atoms with Gasteiger partial charge in [-0.1, -0.05) is 66.7 Å². The molecule has 3 aliphatic rings. The lowest BCUT2D eigenvalue weighted by molar-refractivity contribution is -0.142. The van der Waals surface area contributed by atoms with E-state index in [0.29, 0.717) is 43.9 Å². The average molecular weight is 654 g/mol. The summed E-state index contributed by atoms with van der Waals surface area (Å²) in [6.07, 6.45) is 0.630. The molecule has 2 atom stereocenters. The molecule has 0 aliphatic carbocycles. The highest BCUT2D eigenvalue weighted by molar-refractivity contribution is 6.62. The predicted molar refractivity (Wildman–Crippen MR) is 178 cm³/mol. The Hall–Kier alpha value is -4.97. The number of hydrogen-bond donors (Lipinski definition) is 3. The van der Waals surface area contributed by atoms with E-state index in [1.54, 1.807) is 42.5 Å². The molecule has 0 bridgehead atoms. The van der Waals surface area contributed by atoms with Gasteiger partial charge in [0.15, 0.2) is 0 Å². The lowest BCUT2D eigenvalue weighted by Gasteiger charge is -2.24. The maximum Gasteiger partial charge on any atom is 0.563 e. The molecular weight excluding hydrogens is 618 g/mol. The molecule has 3 aliphatic heterocycles. The molecule has 0 amide bonds. The molecule has 0 saturated heterocycles. The first-order chi connectivity index (χ1) is 23.2. The molecule has 3 N–H and O–H groups in total. The highest BCUT2D eigenvalue weighted by Crippen LogP contribution is 2.42. The van der Waals surface area contributed by atoms with E-state index >= 15 is 0 Å². The van der Waals surface area contributed by atoms with Gasteiger partial charge in [0.25, 0.3) is 0 Å². The average Bonchev–Trinajstić information content (AvgIpc) is 3.70. The van der Waals surface area contributed by atoms with Crippen molar-refractivity contribution < 1.29 is 53.0 Å². The van der Waals surface area contributed by atoms with Crippen molar-refractivity contribution in [1.82, 2.24) is 0 Å². The molecule has 0 radical (unpaired) electrons. The van der Waals surface area contributed by atoms with Gasteiger partial charge in [-0.3, -0.25) is 9.59 Å². The summed E-state index contributed by atoms with van der Waals surface area (Å²) in [7, 11) is 1.02. The fourth-order valence-electron chi connectivity index (χ4n) is 5.46. The summed E-state index contributed by atoms with van der Waals surface area (Å²) in [6, 6.07) is 27.4. The number of fused-ring (bicyclic) bond motifs is 3. The van der Waals surface area contributed by atoms with Crippen molar-refractivity contribution in [2.24, 2.45) is 0 Å². The SMILES string of the molecule is COC(=O)C[C@@H]1COc2cc(O)ccc21.COC(=O)C[C@@H]1COc2cc3c(cc21)COB(c1ccccc1)O3.OB(O)c1ccccc1. The van der Waals surface area contributed by atoms with Crippen LogP contribution in [0.5, 0.6) is 23.0 Å². The fourth-order valence-corrected chi connectivity index (χ4v) is 5.46. The Balaban J connectivity index is 0.000000160. The molecule has 3 heterocycles. The van der Waals surface area contributed by atoms with E-state index in [0.717, 1.165) is 33.7 Å². The third kappa shape index (κ3) is 8.68. The molecule has 0 unspecified atom stereocenters. The first-order valence-corrected chi connectivity index (χ1v) is 15.4. The normalized spacial score (nSPS) is 16.5. The van der Waals surface area contributed by atoms with Gasteiger partial charge >= 0.3 is 26.2 Å². The van der Waals surface area contributed by atoms with Crippen LogP contribution >= 0.6 is 0 Å². The number of esters is 2. The van der Waals surface area contributed by atoms with Crippen molar-refractivity contribution in [2.45, 2.75) is 31.3 Å². The number of ether oxygens (including phenoxy) is 4. The zero-order valence-electron chi connectivity index (χ0n) is 26.6. The lowest BCUT2D eigenvalue weighted by Crippen LogP contribution is -2.42. The van der Waals surface area contributed by atoms with E-state index in [1.807, 2.05) is 48.5 Å². The van der Waals surface area contributed by atoms with Crippen LogP contribution in [-0.4, -0.2) is 68.8 Å². The van der Waals surface area contributed by atoms with Gasteiger partial charge in [0.2, 0.25) is 0 Å². The number of rotatable bonds is 6. The molecule has 48 heavy (non-hydrogen) atoms. The van der Waals surface area contributed by atoms with Gasteiger partial charge in [-0.15, -0.1) is 0 Å². The molecule has 7 rings (SSSR count). The number of hydrogen-bond acceptors (Lipinski definition) is 11. The smallest absolute Gasteiger partial charge is 0.532 e. The molecule has 4 aromatic carbocycles. The molecule has 13 heteroatoms. The van der Waals surface area contributed by atoms with Crippen LogP contribution < -0.4 is 25.1 Å². The quantitative estimate of drug-likeness (QED) is 0.208. The lowest BCUT2D eigenvalue weighted by atomic mass is 9.77. The highest BCUT2D eigenvalue weighted by atomic mass is 16.6. The van der Waals surface area contributed by atoms with Gasteiger partial charge in [-0.05, 0) is 23.1 Å². The number of carbonyl (C=O) groups is 2. The van der Waals surface area contributed by atoms with Crippen LogP contribution in [0.4, 0.5) is 0 Å². The highest BCUT2D eigenvalue weighted by Gasteiger charge is 2.34. The molecule has 0 spiro atoms. The van der Waals surface area contributed by atoms with E-state index in [9.17, 15) is 14.7 Å². The van der Waals surface area contributed by atoms with E-state index < -0.39 is 14.2 Å². The standard InChI is InChI=1S/C18H17BO5.C11H12O4.C6H7BO2/c1-21-18(20)8-12-10-22-17-9-16-13(7-15(12)17)11-23-19(24-16)14-5-3-2-4-6-14;1-14-11(13)4-7-6-15-10-5-8(12)2-3-9(7)10;8-7(9)6-4-2-1-3-5-6/h2-7,9,12H,8,10-11H2,1H3;2-3,5,7,12H,4,6H2,1H3;1-5,8-9H/t12-;7-;/m11./s1. The maximum absolute atomic E-state index is 11.5. The van der Waals surface area contributed by atoms with Crippen LogP contribution in [0.25, 0.3) is 0 Å². The third-order valence-electron chi connectivity index (χ3n) is 8.02. The van der Waals surface area contributed by atoms with Crippen LogP contribution in [-0.2, 0) is 30.3 Å². The summed E-state index contributed by atoms with van der Waals surface area (Å²) < 4.78 is 32.3. The van der Waals surface area contributed by atoms with Gasteiger partial charge < -0.3 is 43.4 Å². The minimum Gasteiger partial charge on any atom is -0.532 e. The molecule has 11 nitrogen and oxygen atoms in total. The maximum atomic E-state index is 11.5. The van der Waals surface area contributed by atoms with Gasteiger partial charge in [-0.25, -0.2) is 0 Å². The minimum absolute atomic E-state index is 0.0181. The molecule has 0 saturated carbocycles. The largest absolute Gasteiger partial charge is 0.563 e. The summed E-state index contributed by atoms with van der Waals surface area (Å²) >= 11 is 0. The molecule has 0 fully saturated rings. The fraction of sp³-hybridized carbons (Fsp3) is 0.257. The van der Waals surface area contributed by atoms with E-state index in [2.05, 4.69) is 4.74 Å². The number of benzene rings is 4. The Morgan fingerprint density at radius 2 is 1.35 bits per heavy atom. The second-order valence-corrected chi connectivity index (χ2v) is 11.3. The monoisotopic (exact) mass is 654 g/mol. The van der Waals surface area contributed by atoms with Crippen LogP contribution in [0.1, 0.15) is 41.4 Å². The topological polar surface area (TPSA) is 150 Å². The van der Waals surface area contributed by atoms with Crippen LogP contribution in [0.2, 0.25) is 0 Å². The molecule has 4 aromatic rings. The number of aromatic hydroxyl groups is 1. The number of phenolic OH excluding ortho intramolecular Hbond substituents is 1. The molecular formula is C35H36B2O11. The Labute approximate surface area is 279 Å². The number of phenols is 1. The molecule has 0 aromatic heterocycles. The van der Waals surface area contributed by atoms with Crippen molar-refractivity contribution in [1.29, 1.82) is 0 Å². The van der Waals surface area contributed by atoms with Gasteiger partial charge in [0.1, 0.15) is 23.0 Å². The van der Waals surface area contributed by atoms with Gasteiger partial charge in [0, 0.05) is 40.7 Å². The Bertz CT molecular complexity index is 1690. The molecule has 248 valence electrons. The van der Waals surface area contributed by atoms with Crippen LogP contribution in [0.3, 0.4) is 0 Å². The van der Waals surface area contributed by atoms with Crippen molar-refractivity contribution in [3.63, 3.8) is 0 Å². The Morgan fingerprint density at radius 3 is 1.94 bits per heavy atom. The van der Waals surface area contributed by atoms with Crippen molar-refractivity contribution >= 4 is 37.1 Å². The Morgan fingerprint density at radius 1 is 0.771 bits per heavy atom. The summed E-state index contributed by atoms with van der Waals surface area (Å²) in [4.78, 5) is 22.7. The van der Waals surface area contributed by atoms with Crippen molar-refractivity contribution in [3.05, 3.63) is 108 Å². The van der Waals surface area contributed by atoms with E-state index in [4.69, 9.17) is 33.6 Å². The summed E-state index contributed by atoms with van der Waals surface area (Å²) in [5, 5.41) is 26.4. The summed E-state index contributed by atoms with van der Waals surface area (Å²) in [6.45, 7) is 1.41. The zero-order chi connectivity index (χ0) is 34.0. The van der Waals surface area contributed by atoms with Gasteiger partial charge in [-0.2, -0.15) is 0 Å². The van der Waals surface area contributed by atoms with Crippen molar-refractivity contribution in [2.75, 3.05) is 27.4 Å².